The summed E-state index contributed by atoms with van der Waals surface area (Å²) in [5.41, 5.74) is 1.85. The number of amides is 1. The lowest BCUT2D eigenvalue weighted by atomic mass is 10.1. The van der Waals surface area contributed by atoms with E-state index in [2.05, 4.69) is 20.4 Å². The summed E-state index contributed by atoms with van der Waals surface area (Å²) in [5, 5.41) is 22.1. The Hall–Kier alpha value is -3.40. The molecule has 2 atom stereocenters. The lowest BCUT2D eigenvalue weighted by Gasteiger charge is -2.16. The van der Waals surface area contributed by atoms with Crippen LogP contribution in [0, 0.1) is 5.82 Å². The third-order valence-electron chi connectivity index (χ3n) is 5.13. The number of benzene rings is 1. The van der Waals surface area contributed by atoms with Crippen LogP contribution in [0.1, 0.15) is 26.7 Å². The van der Waals surface area contributed by atoms with Crippen LogP contribution in [-0.4, -0.2) is 55.1 Å². The van der Waals surface area contributed by atoms with Crippen molar-refractivity contribution in [1.29, 1.82) is 0 Å². The van der Waals surface area contributed by atoms with Crippen molar-refractivity contribution in [2.75, 3.05) is 11.4 Å². The molecule has 31 heavy (non-hydrogen) atoms. The minimum absolute atomic E-state index is 0.175. The first-order valence-corrected chi connectivity index (χ1v) is 10.2. The number of hydrogen-bond donors (Lipinski definition) is 1. The van der Waals surface area contributed by atoms with Crippen molar-refractivity contribution in [2.45, 2.75) is 45.4 Å². The Bertz CT molecular complexity index is 1070. The Morgan fingerprint density at radius 2 is 2.13 bits per heavy atom. The second-order valence-corrected chi connectivity index (χ2v) is 7.31. The van der Waals surface area contributed by atoms with Gasteiger partial charge in [-0.15, -0.1) is 10.2 Å². The van der Waals surface area contributed by atoms with E-state index in [1.54, 1.807) is 37.4 Å². The molecule has 9 nitrogen and oxygen atoms in total. The van der Waals surface area contributed by atoms with Gasteiger partial charge in [0.25, 0.3) is 0 Å². The minimum Gasteiger partial charge on any atom is -0.441 e. The molecule has 1 amide bonds. The van der Waals surface area contributed by atoms with Crippen LogP contribution in [-0.2, 0) is 11.3 Å². The zero-order valence-electron chi connectivity index (χ0n) is 17.3. The van der Waals surface area contributed by atoms with E-state index in [1.165, 1.54) is 15.8 Å². The molecule has 0 spiro atoms. The highest BCUT2D eigenvalue weighted by Gasteiger charge is 2.36. The van der Waals surface area contributed by atoms with Crippen LogP contribution in [0.2, 0.25) is 0 Å². The highest BCUT2D eigenvalue weighted by Crippen LogP contribution is 2.30. The first kappa shape index (κ1) is 20.9. The van der Waals surface area contributed by atoms with E-state index < -0.39 is 24.1 Å². The number of carbonyl (C=O) groups is 1. The molecule has 3 aromatic rings. The molecule has 3 heterocycles. The zero-order chi connectivity index (χ0) is 22.0. The van der Waals surface area contributed by atoms with Gasteiger partial charge in [0, 0.05) is 17.3 Å². The number of cyclic esters (lactones) is 1. The topological polar surface area (TPSA) is 106 Å². The van der Waals surface area contributed by atoms with Crippen molar-refractivity contribution < 1.29 is 19.0 Å². The first-order chi connectivity index (χ1) is 15.0. The second-order valence-electron chi connectivity index (χ2n) is 7.31. The maximum Gasteiger partial charge on any atom is 0.414 e. The summed E-state index contributed by atoms with van der Waals surface area (Å²) in [6.45, 7) is 4.67. The molecular formula is C21H23FN6O3. The normalized spacial score (nSPS) is 17.1. The van der Waals surface area contributed by atoms with Crippen LogP contribution in [0.4, 0.5) is 14.9 Å². The third kappa shape index (κ3) is 4.24. The van der Waals surface area contributed by atoms with Gasteiger partial charge in [-0.1, -0.05) is 19.9 Å². The molecule has 0 radical (unpaired) electrons. The molecule has 10 heteroatoms. The van der Waals surface area contributed by atoms with E-state index in [0.717, 1.165) is 6.42 Å². The number of hydrogen-bond acceptors (Lipinski definition) is 7. The van der Waals surface area contributed by atoms with Gasteiger partial charge in [0.05, 0.1) is 24.9 Å². The lowest BCUT2D eigenvalue weighted by Crippen LogP contribution is -2.30. The SMILES string of the molecule is CCCn1nnc(-c2ccc(-c3ccc(N4C[C@@H](C(O)CC)OC4=O)cc3F)cn2)n1. The largest absolute Gasteiger partial charge is 0.441 e. The molecule has 1 fully saturated rings. The van der Waals surface area contributed by atoms with Gasteiger partial charge in [0.2, 0.25) is 5.82 Å². The van der Waals surface area contributed by atoms with Gasteiger partial charge in [0.15, 0.2) is 0 Å². The molecule has 0 bridgehead atoms. The van der Waals surface area contributed by atoms with Crippen LogP contribution < -0.4 is 4.90 Å². The molecule has 1 aromatic carbocycles. The molecule has 1 aliphatic rings. The fraction of sp³-hybridized carbons (Fsp3) is 0.381. The number of nitrogens with zero attached hydrogens (tertiary/aromatic N) is 6. The average Bonchev–Trinajstić information content (AvgIpc) is 3.40. The van der Waals surface area contributed by atoms with Crippen LogP contribution in [0.5, 0.6) is 0 Å². The van der Waals surface area contributed by atoms with Crippen molar-refractivity contribution in [1.82, 2.24) is 25.2 Å². The summed E-state index contributed by atoms with van der Waals surface area (Å²) in [4.78, 5) is 19.3. The van der Waals surface area contributed by atoms with Crippen LogP contribution in [0.25, 0.3) is 22.6 Å². The molecule has 1 aliphatic heterocycles. The number of rotatable bonds is 7. The van der Waals surface area contributed by atoms with Crippen LogP contribution in [0.3, 0.4) is 0 Å². The smallest absolute Gasteiger partial charge is 0.414 e. The molecule has 0 aliphatic carbocycles. The number of aliphatic hydroxyl groups is 1. The summed E-state index contributed by atoms with van der Waals surface area (Å²) in [6.07, 6.45) is 0.936. The number of tetrazole rings is 1. The number of carbonyl (C=O) groups excluding carboxylic acids is 1. The Morgan fingerprint density at radius 1 is 1.29 bits per heavy atom. The number of halogens is 1. The van der Waals surface area contributed by atoms with Crippen molar-refractivity contribution in [3.63, 3.8) is 0 Å². The monoisotopic (exact) mass is 426 g/mol. The van der Waals surface area contributed by atoms with E-state index in [9.17, 15) is 14.3 Å². The first-order valence-electron chi connectivity index (χ1n) is 10.2. The Kier molecular flexibility index (Phi) is 5.90. The average molecular weight is 426 g/mol. The maximum atomic E-state index is 14.9. The van der Waals surface area contributed by atoms with E-state index >= 15 is 0 Å². The van der Waals surface area contributed by atoms with Crippen molar-refractivity contribution >= 4 is 11.8 Å². The molecule has 1 saturated heterocycles. The number of aryl methyl sites for hydroxylation is 1. The summed E-state index contributed by atoms with van der Waals surface area (Å²) in [5.74, 6) is -0.0847. The molecule has 4 rings (SSSR count). The summed E-state index contributed by atoms with van der Waals surface area (Å²) < 4.78 is 20.0. The second kappa shape index (κ2) is 8.76. The Balaban J connectivity index is 1.52. The predicted octanol–water partition coefficient (Wildman–Crippen LogP) is 3.05. The highest BCUT2D eigenvalue weighted by atomic mass is 19.1. The van der Waals surface area contributed by atoms with Gasteiger partial charge in [0.1, 0.15) is 17.6 Å². The number of anilines is 1. The van der Waals surface area contributed by atoms with E-state index in [0.29, 0.717) is 41.3 Å². The van der Waals surface area contributed by atoms with Crippen LogP contribution in [0.15, 0.2) is 36.5 Å². The van der Waals surface area contributed by atoms with Crippen molar-refractivity contribution in [3.8, 4) is 22.6 Å². The standard InChI is InChI=1S/C21H23FN6O3/c1-3-9-28-25-20(24-26-28)17-8-5-13(11-23-17)15-7-6-14(10-16(15)22)27-12-19(18(29)4-2)31-21(27)30/h5-8,10-11,18-19,29H,3-4,9,12H2,1-2H3/t18?,19-/m0/s1. The van der Waals surface area contributed by atoms with E-state index in [4.69, 9.17) is 4.74 Å². The minimum atomic E-state index is -0.749. The lowest BCUT2D eigenvalue weighted by molar-refractivity contribution is 0.0308. The Morgan fingerprint density at radius 3 is 2.81 bits per heavy atom. The Labute approximate surface area is 178 Å². The zero-order valence-corrected chi connectivity index (χ0v) is 17.3. The van der Waals surface area contributed by atoms with Gasteiger partial charge in [-0.3, -0.25) is 9.88 Å². The quantitative estimate of drug-likeness (QED) is 0.619. The van der Waals surface area contributed by atoms with Gasteiger partial charge < -0.3 is 9.84 Å². The van der Waals surface area contributed by atoms with E-state index in [1.807, 2.05) is 6.92 Å². The molecule has 1 N–H and O–H groups in total. The number of pyridine rings is 1. The molecule has 0 saturated carbocycles. The molecule has 1 unspecified atom stereocenters. The highest BCUT2D eigenvalue weighted by molar-refractivity contribution is 5.90. The number of ether oxygens (including phenoxy) is 1. The van der Waals surface area contributed by atoms with Crippen molar-refractivity contribution in [3.05, 3.63) is 42.3 Å². The predicted molar refractivity (Wildman–Crippen MR) is 111 cm³/mol. The van der Waals surface area contributed by atoms with Gasteiger partial charge >= 0.3 is 6.09 Å². The summed E-state index contributed by atoms with van der Waals surface area (Å²) in [7, 11) is 0. The van der Waals surface area contributed by atoms with Crippen LogP contribution >= 0.6 is 0 Å². The fourth-order valence-electron chi connectivity index (χ4n) is 3.39. The molecular weight excluding hydrogens is 403 g/mol. The van der Waals surface area contributed by atoms with Gasteiger partial charge in [-0.2, -0.15) is 4.80 Å². The van der Waals surface area contributed by atoms with Gasteiger partial charge in [-0.05, 0) is 42.3 Å². The fourth-order valence-corrected chi connectivity index (χ4v) is 3.39. The van der Waals surface area contributed by atoms with E-state index in [-0.39, 0.29) is 6.54 Å². The number of aliphatic hydroxyl groups excluding tert-OH is 1. The summed E-state index contributed by atoms with van der Waals surface area (Å²) in [6, 6.07) is 7.96. The molecule has 2 aromatic heterocycles. The van der Waals surface area contributed by atoms with Gasteiger partial charge in [-0.25, -0.2) is 9.18 Å². The molecule has 162 valence electrons. The maximum absolute atomic E-state index is 14.9. The third-order valence-corrected chi connectivity index (χ3v) is 5.13. The summed E-state index contributed by atoms with van der Waals surface area (Å²) >= 11 is 0. The number of aromatic nitrogens is 5. The van der Waals surface area contributed by atoms with Crippen molar-refractivity contribution in [2.24, 2.45) is 0 Å².